The molecule has 2 heteroatoms. The summed E-state index contributed by atoms with van der Waals surface area (Å²) in [6.45, 7) is 4.38. The van der Waals surface area contributed by atoms with Crippen molar-refractivity contribution in [3.05, 3.63) is 35.4 Å². The first-order valence-electron chi connectivity index (χ1n) is 6.03. The van der Waals surface area contributed by atoms with Crippen LogP contribution in [0.2, 0.25) is 0 Å². The van der Waals surface area contributed by atoms with E-state index in [4.69, 9.17) is 11.6 Å². The Morgan fingerprint density at radius 2 is 1.88 bits per heavy atom. The highest BCUT2D eigenvalue weighted by Gasteiger charge is 2.02. The molecule has 0 aliphatic carbocycles. The molecule has 0 radical (unpaired) electrons. The number of hydrogen-bond donors (Lipinski definition) is 0. The molecular weight excluding hydrogens is 218 g/mol. The van der Waals surface area contributed by atoms with Crippen LogP contribution in [0.5, 0.6) is 0 Å². The number of benzene rings is 1. The molecule has 0 aromatic heterocycles. The third kappa shape index (κ3) is 5.00. The molecule has 0 aliphatic rings. The van der Waals surface area contributed by atoms with Gasteiger partial charge in [-0.3, -0.25) is 0 Å². The van der Waals surface area contributed by atoms with E-state index in [1.807, 2.05) is 0 Å². The number of aryl methyl sites for hydroxylation is 1. The quantitative estimate of drug-likeness (QED) is 0.516. The van der Waals surface area contributed by atoms with Crippen molar-refractivity contribution in [2.24, 2.45) is 0 Å². The van der Waals surface area contributed by atoms with Crippen molar-refractivity contribution in [1.82, 2.24) is 4.90 Å². The first kappa shape index (κ1) is 13.5. The molecule has 1 aromatic rings. The van der Waals surface area contributed by atoms with Crippen molar-refractivity contribution >= 4 is 11.6 Å². The summed E-state index contributed by atoms with van der Waals surface area (Å²) in [5.74, 6) is 0.793. The third-order valence-corrected chi connectivity index (χ3v) is 3.14. The van der Waals surface area contributed by atoms with Crippen LogP contribution in [0.4, 0.5) is 0 Å². The zero-order valence-corrected chi connectivity index (χ0v) is 11.1. The van der Waals surface area contributed by atoms with Crippen LogP contribution in [0.25, 0.3) is 0 Å². The van der Waals surface area contributed by atoms with Crippen LogP contribution in [-0.2, 0) is 6.54 Å². The maximum absolute atomic E-state index is 5.65. The van der Waals surface area contributed by atoms with E-state index in [0.29, 0.717) is 0 Å². The Bertz CT molecular complexity index is 299. The van der Waals surface area contributed by atoms with Crippen LogP contribution in [0.1, 0.15) is 30.4 Å². The lowest BCUT2D eigenvalue weighted by Gasteiger charge is -2.17. The number of halogens is 1. The molecule has 1 nitrogen and oxygen atoms in total. The van der Waals surface area contributed by atoms with E-state index < -0.39 is 0 Å². The fraction of sp³-hybridized carbons (Fsp3) is 0.571. The highest BCUT2D eigenvalue weighted by atomic mass is 35.5. The van der Waals surface area contributed by atoms with Gasteiger partial charge < -0.3 is 4.90 Å². The van der Waals surface area contributed by atoms with Crippen molar-refractivity contribution in [2.75, 3.05) is 19.5 Å². The van der Waals surface area contributed by atoms with Gasteiger partial charge in [0, 0.05) is 12.4 Å². The predicted octanol–water partition coefficient (Wildman–Crippen LogP) is 3.84. The molecule has 0 amide bonds. The molecule has 0 saturated carbocycles. The minimum Gasteiger partial charge on any atom is -0.302 e. The lowest BCUT2D eigenvalue weighted by molar-refractivity contribution is 0.317. The molecule has 1 rings (SSSR count). The Hall–Kier alpha value is -0.530. The van der Waals surface area contributed by atoms with Crippen LogP contribution >= 0.6 is 11.6 Å². The minimum absolute atomic E-state index is 0.793. The SMILES string of the molecule is Cc1ccccc1CN(C)CCCCCCl. The van der Waals surface area contributed by atoms with E-state index in [2.05, 4.69) is 43.1 Å². The van der Waals surface area contributed by atoms with Crippen LogP contribution < -0.4 is 0 Å². The van der Waals surface area contributed by atoms with Gasteiger partial charge in [-0.25, -0.2) is 0 Å². The summed E-state index contributed by atoms with van der Waals surface area (Å²) in [5, 5.41) is 0. The maximum atomic E-state index is 5.65. The Balaban J connectivity index is 2.28. The predicted molar refractivity (Wildman–Crippen MR) is 72.1 cm³/mol. The van der Waals surface area contributed by atoms with E-state index >= 15 is 0 Å². The Morgan fingerprint density at radius 3 is 2.56 bits per heavy atom. The lowest BCUT2D eigenvalue weighted by Crippen LogP contribution is -2.19. The summed E-state index contributed by atoms with van der Waals surface area (Å²) >= 11 is 5.65. The molecule has 0 N–H and O–H groups in total. The van der Waals surface area contributed by atoms with Crippen LogP contribution in [0.3, 0.4) is 0 Å². The Labute approximate surface area is 104 Å². The van der Waals surface area contributed by atoms with Crippen molar-refractivity contribution in [3.8, 4) is 0 Å². The largest absolute Gasteiger partial charge is 0.302 e. The summed E-state index contributed by atoms with van der Waals surface area (Å²) in [5.41, 5.74) is 2.82. The van der Waals surface area contributed by atoms with Crippen LogP contribution in [0.15, 0.2) is 24.3 Å². The molecule has 16 heavy (non-hydrogen) atoms. The molecule has 1 aromatic carbocycles. The summed E-state index contributed by atoms with van der Waals surface area (Å²) in [7, 11) is 2.19. The van der Waals surface area contributed by atoms with Crippen molar-refractivity contribution in [2.45, 2.75) is 32.7 Å². The van der Waals surface area contributed by atoms with E-state index in [9.17, 15) is 0 Å². The smallest absolute Gasteiger partial charge is 0.0233 e. The van der Waals surface area contributed by atoms with Gasteiger partial charge in [0.2, 0.25) is 0 Å². The van der Waals surface area contributed by atoms with Gasteiger partial charge in [0.1, 0.15) is 0 Å². The molecule has 0 aliphatic heterocycles. The molecule has 0 saturated heterocycles. The summed E-state index contributed by atoms with van der Waals surface area (Å²) < 4.78 is 0. The van der Waals surface area contributed by atoms with Crippen molar-refractivity contribution in [3.63, 3.8) is 0 Å². The second-order valence-electron chi connectivity index (χ2n) is 4.41. The number of alkyl halides is 1. The lowest BCUT2D eigenvalue weighted by atomic mass is 10.1. The van der Waals surface area contributed by atoms with Gasteiger partial charge in [-0.15, -0.1) is 11.6 Å². The fourth-order valence-corrected chi connectivity index (χ4v) is 2.00. The van der Waals surface area contributed by atoms with E-state index in [0.717, 1.165) is 25.4 Å². The summed E-state index contributed by atoms with van der Waals surface area (Å²) in [4.78, 5) is 2.39. The number of rotatable bonds is 7. The standard InChI is InChI=1S/C14H22ClN/c1-13-8-4-5-9-14(13)12-16(2)11-7-3-6-10-15/h4-5,8-9H,3,6-7,10-12H2,1-2H3. The van der Waals surface area contributed by atoms with Gasteiger partial charge >= 0.3 is 0 Å². The topological polar surface area (TPSA) is 3.24 Å². The first-order chi connectivity index (χ1) is 7.74. The van der Waals surface area contributed by atoms with Gasteiger partial charge in [-0.2, -0.15) is 0 Å². The van der Waals surface area contributed by atoms with E-state index in [1.54, 1.807) is 0 Å². The van der Waals surface area contributed by atoms with Gasteiger partial charge in [0.25, 0.3) is 0 Å². The van der Waals surface area contributed by atoms with Gasteiger partial charge in [0.15, 0.2) is 0 Å². The van der Waals surface area contributed by atoms with Crippen molar-refractivity contribution in [1.29, 1.82) is 0 Å². The molecule has 0 spiro atoms. The zero-order chi connectivity index (χ0) is 11.8. The summed E-state index contributed by atoms with van der Waals surface area (Å²) in [6, 6.07) is 8.60. The second-order valence-corrected chi connectivity index (χ2v) is 4.79. The fourth-order valence-electron chi connectivity index (χ4n) is 1.81. The maximum Gasteiger partial charge on any atom is 0.0233 e. The van der Waals surface area contributed by atoms with Crippen LogP contribution in [0, 0.1) is 6.92 Å². The molecular formula is C14H22ClN. The van der Waals surface area contributed by atoms with Gasteiger partial charge in [0.05, 0.1) is 0 Å². The average Bonchev–Trinajstić information content (AvgIpc) is 2.28. The molecule has 90 valence electrons. The minimum atomic E-state index is 0.793. The van der Waals surface area contributed by atoms with Gasteiger partial charge in [-0.05, 0) is 44.5 Å². The highest BCUT2D eigenvalue weighted by molar-refractivity contribution is 6.17. The third-order valence-electron chi connectivity index (χ3n) is 2.87. The first-order valence-corrected chi connectivity index (χ1v) is 6.56. The summed E-state index contributed by atoms with van der Waals surface area (Å²) in [6.07, 6.45) is 3.62. The molecule has 0 atom stereocenters. The van der Waals surface area contributed by atoms with Crippen molar-refractivity contribution < 1.29 is 0 Å². The number of hydrogen-bond acceptors (Lipinski definition) is 1. The Morgan fingerprint density at radius 1 is 1.12 bits per heavy atom. The monoisotopic (exact) mass is 239 g/mol. The number of nitrogens with zero attached hydrogens (tertiary/aromatic N) is 1. The molecule has 0 heterocycles. The van der Waals surface area contributed by atoms with E-state index in [1.165, 1.54) is 24.0 Å². The second kappa shape index (κ2) is 7.70. The number of unbranched alkanes of at least 4 members (excludes halogenated alkanes) is 2. The van der Waals surface area contributed by atoms with Crippen LogP contribution in [-0.4, -0.2) is 24.4 Å². The average molecular weight is 240 g/mol. The Kier molecular flexibility index (Phi) is 6.51. The molecule has 0 fully saturated rings. The highest BCUT2D eigenvalue weighted by Crippen LogP contribution is 2.10. The van der Waals surface area contributed by atoms with Gasteiger partial charge in [-0.1, -0.05) is 30.7 Å². The molecule has 0 unspecified atom stereocenters. The molecule has 0 bridgehead atoms. The zero-order valence-electron chi connectivity index (χ0n) is 10.4. The normalized spacial score (nSPS) is 11.0. The van der Waals surface area contributed by atoms with E-state index in [-0.39, 0.29) is 0 Å².